The van der Waals surface area contributed by atoms with Crippen LogP contribution in [-0.2, 0) is 19.2 Å². The van der Waals surface area contributed by atoms with Gasteiger partial charge in [-0.1, -0.05) is 0 Å². The summed E-state index contributed by atoms with van der Waals surface area (Å²) >= 11 is 0. The Balaban J connectivity index is 3.09. The van der Waals surface area contributed by atoms with Crippen LogP contribution in [0, 0.1) is 0 Å². The summed E-state index contributed by atoms with van der Waals surface area (Å²) in [5.74, 6) is -4.44. The van der Waals surface area contributed by atoms with Crippen molar-refractivity contribution < 1.29 is 39.6 Å². The Labute approximate surface area is 185 Å². The Kier molecular flexibility index (Phi) is 11.5. The van der Waals surface area contributed by atoms with E-state index in [0.29, 0.717) is 52.4 Å². The second kappa shape index (κ2) is 14.1. The molecule has 12 nitrogen and oxygen atoms in total. The fourth-order valence-corrected chi connectivity index (χ4v) is 2.75. The first-order chi connectivity index (χ1) is 15.2. The summed E-state index contributed by atoms with van der Waals surface area (Å²) in [4.78, 5) is 50.6. The monoisotopic (exact) mass is 452 g/mol. The van der Waals surface area contributed by atoms with Crippen LogP contribution in [0.4, 0.5) is 0 Å². The van der Waals surface area contributed by atoms with Crippen molar-refractivity contribution in [1.29, 1.82) is 0 Å². The molecule has 176 valence electrons. The normalized spacial score (nSPS) is 17.2. The van der Waals surface area contributed by atoms with E-state index in [1.54, 1.807) is 19.6 Å². The van der Waals surface area contributed by atoms with Crippen LogP contribution >= 0.6 is 0 Å². The molecule has 1 fully saturated rings. The zero-order valence-electron chi connectivity index (χ0n) is 17.5. The summed E-state index contributed by atoms with van der Waals surface area (Å²) in [6.45, 7) is 3.07. The van der Waals surface area contributed by atoms with Crippen molar-refractivity contribution in [3.05, 3.63) is 49.1 Å². The largest absolute Gasteiger partial charge is 0.478 e. The maximum absolute atomic E-state index is 10.9. The van der Waals surface area contributed by atoms with Gasteiger partial charge in [0.25, 0.3) is 0 Å². The highest BCUT2D eigenvalue weighted by atomic mass is 16.4. The molecule has 0 amide bonds. The fourth-order valence-electron chi connectivity index (χ4n) is 2.75. The summed E-state index contributed by atoms with van der Waals surface area (Å²) in [6.07, 6.45) is 9.70. The van der Waals surface area contributed by atoms with Gasteiger partial charge in [0.2, 0.25) is 0 Å². The van der Waals surface area contributed by atoms with Crippen molar-refractivity contribution in [3.8, 4) is 0 Å². The second-order valence-electron chi connectivity index (χ2n) is 6.76. The average molecular weight is 452 g/mol. The van der Waals surface area contributed by atoms with Crippen molar-refractivity contribution in [1.82, 2.24) is 19.6 Å². The highest BCUT2D eigenvalue weighted by Gasteiger charge is 2.12. The predicted octanol–water partition coefficient (Wildman–Crippen LogP) is -0.399. The Morgan fingerprint density at radius 2 is 0.562 bits per heavy atom. The highest BCUT2D eigenvalue weighted by Crippen LogP contribution is 2.03. The molecular weight excluding hydrogens is 424 g/mol. The smallest absolute Gasteiger partial charge is 0.329 e. The maximum atomic E-state index is 10.9. The molecule has 0 spiro atoms. The van der Waals surface area contributed by atoms with Gasteiger partial charge < -0.3 is 40.0 Å². The summed E-state index contributed by atoms with van der Waals surface area (Å²) in [6, 6.07) is 0. The SMILES string of the molecule is O=C(O)C=CN1CCN(C=CC(=O)O)CCN(C=CC(=O)O)CCN(C=CC(=O)O)CC1. The summed E-state index contributed by atoms with van der Waals surface area (Å²) < 4.78 is 0. The molecule has 0 aromatic heterocycles. The molecule has 4 N–H and O–H groups in total. The number of nitrogens with zero attached hydrogens (tertiary/aromatic N) is 4. The summed E-state index contributed by atoms with van der Waals surface area (Å²) in [7, 11) is 0. The molecule has 0 bridgehead atoms. The van der Waals surface area contributed by atoms with Crippen LogP contribution in [-0.4, -0.2) is 116 Å². The molecule has 1 aliphatic heterocycles. The van der Waals surface area contributed by atoms with Crippen molar-refractivity contribution in [3.63, 3.8) is 0 Å². The van der Waals surface area contributed by atoms with Gasteiger partial charge in [-0.15, -0.1) is 0 Å². The van der Waals surface area contributed by atoms with Crippen LogP contribution in [0.15, 0.2) is 49.1 Å². The van der Waals surface area contributed by atoms with Crippen molar-refractivity contribution in [2.45, 2.75) is 0 Å². The molecule has 12 heteroatoms. The Morgan fingerprint density at radius 1 is 0.406 bits per heavy atom. The van der Waals surface area contributed by atoms with Crippen LogP contribution < -0.4 is 0 Å². The number of rotatable bonds is 8. The molecule has 0 atom stereocenters. The first-order valence-corrected chi connectivity index (χ1v) is 9.76. The van der Waals surface area contributed by atoms with Crippen molar-refractivity contribution in [2.75, 3.05) is 52.4 Å². The van der Waals surface area contributed by atoms with E-state index in [0.717, 1.165) is 24.3 Å². The van der Waals surface area contributed by atoms with Crippen LogP contribution in [0.25, 0.3) is 0 Å². The average Bonchev–Trinajstić information content (AvgIpc) is 2.70. The van der Waals surface area contributed by atoms with E-state index in [1.165, 1.54) is 24.8 Å². The van der Waals surface area contributed by atoms with E-state index in [-0.39, 0.29) is 0 Å². The van der Waals surface area contributed by atoms with Crippen LogP contribution in [0.5, 0.6) is 0 Å². The van der Waals surface area contributed by atoms with E-state index in [4.69, 9.17) is 20.4 Å². The summed E-state index contributed by atoms with van der Waals surface area (Å²) in [5.41, 5.74) is 0. The lowest BCUT2D eigenvalue weighted by molar-refractivity contribution is -0.132. The minimum atomic E-state index is -1.11. The third-order valence-electron chi connectivity index (χ3n) is 4.41. The van der Waals surface area contributed by atoms with Crippen LogP contribution in [0.2, 0.25) is 0 Å². The zero-order chi connectivity index (χ0) is 23.9. The van der Waals surface area contributed by atoms with Gasteiger partial charge in [0.1, 0.15) is 0 Å². The molecular formula is C20H28N4O8. The molecule has 32 heavy (non-hydrogen) atoms. The molecule has 0 radical (unpaired) electrons. The number of carbonyl (C=O) groups is 4. The van der Waals surface area contributed by atoms with Crippen LogP contribution in [0.1, 0.15) is 0 Å². The van der Waals surface area contributed by atoms with Gasteiger partial charge in [-0.05, 0) is 0 Å². The molecule has 1 heterocycles. The molecule has 0 aromatic carbocycles. The van der Waals surface area contributed by atoms with Crippen LogP contribution in [0.3, 0.4) is 0 Å². The third-order valence-corrected chi connectivity index (χ3v) is 4.41. The van der Waals surface area contributed by atoms with E-state index in [2.05, 4.69) is 0 Å². The number of aliphatic carboxylic acids is 4. The number of hydrogen-bond donors (Lipinski definition) is 4. The van der Waals surface area contributed by atoms with Gasteiger partial charge in [-0.2, -0.15) is 0 Å². The third kappa shape index (κ3) is 12.6. The minimum Gasteiger partial charge on any atom is -0.478 e. The van der Waals surface area contributed by atoms with Gasteiger partial charge in [0.15, 0.2) is 0 Å². The Hall–Kier alpha value is -3.96. The number of hydrogen-bond acceptors (Lipinski definition) is 8. The highest BCUT2D eigenvalue weighted by molar-refractivity contribution is 5.80. The molecule has 0 aliphatic carbocycles. The standard InChI is InChI=1S/C20H28N4O8/c25-17(26)1-5-21-9-11-22(6-2-18(27)28)13-15-24(8-4-20(31)32)16-14-23(12-10-21)7-3-19(29)30/h1-8H,9-16H2,(H,25,26)(H,27,28)(H,29,30)(H,31,32). The van der Waals surface area contributed by atoms with Gasteiger partial charge in [-0.25, -0.2) is 19.2 Å². The first kappa shape index (κ1) is 26.1. The topological polar surface area (TPSA) is 162 Å². The first-order valence-electron chi connectivity index (χ1n) is 9.76. The van der Waals surface area contributed by atoms with E-state index in [9.17, 15) is 19.2 Å². The number of carboxylic acid groups (broad SMARTS) is 4. The summed E-state index contributed by atoms with van der Waals surface area (Å²) in [5, 5.41) is 35.7. The molecule has 0 unspecified atom stereocenters. The molecule has 1 saturated heterocycles. The second-order valence-corrected chi connectivity index (χ2v) is 6.76. The quantitative estimate of drug-likeness (QED) is 0.353. The predicted molar refractivity (Wildman–Crippen MR) is 113 cm³/mol. The van der Waals surface area contributed by atoms with E-state index < -0.39 is 23.9 Å². The zero-order valence-corrected chi connectivity index (χ0v) is 17.5. The Morgan fingerprint density at radius 3 is 0.688 bits per heavy atom. The van der Waals surface area contributed by atoms with E-state index >= 15 is 0 Å². The lowest BCUT2D eigenvalue weighted by Gasteiger charge is -2.33. The minimum absolute atomic E-state index is 0.384. The fraction of sp³-hybridized carbons (Fsp3) is 0.400. The van der Waals surface area contributed by atoms with E-state index in [1.807, 2.05) is 0 Å². The Bertz CT molecular complexity index is 634. The lowest BCUT2D eigenvalue weighted by atomic mass is 10.3. The molecule has 0 saturated carbocycles. The molecule has 1 rings (SSSR count). The van der Waals surface area contributed by atoms with Crippen molar-refractivity contribution >= 4 is 23.9 Å². The van der Waals surface area contributed by atoms with Gasteiger partial charge >= 0.3 is 23.9 Å². The maximum Gasteiger partial charge on any atom is 0.329 e. The van der Waals surface area contributed by atoms with Gasteiger partial charge in [0, 0.05) is 101 Å². The molecule has 0 aromatic rings. The van der Waals surface area contributed by atoms with Crippen molar-refractivity contribution in [2.24, 2.45) is 0 Å². The van der Waals surface area contributed by atoms with Gasteiger partial charge in [-0.3, -0.25) is 0 Å². The molecule has 1 aliphatic rings. The lowest BCUT2D eigenvalue weighted by Crippen LogP contribution is -2.41. The van der Waals surface area contributed by atoms with Gasteiger partial charge in [0.05, 0.1) is 0 Å². The number of carboxylic acids is 4.